The number of nitrogens with two attached hydrogens (primary N) is 2. The number of benzene rings is 2. The maximum absolute atomic E-state index is 13.0. The summed E-state index contributed by atoms with van der Waals surface area (Å²) in [5.41, 5.74) is 14.9. The highest BCUT2D eigenvalue weighted by Gasteiger charge is 2.38. The van der Waals surface area contributed by atoms with Crippen LogP contribution in [0.1, 0.15) is 104 Å². The lowest BCUT2D eigenvalue weighted by Gasteiger charge is -2.28. The molecule has 4 heterocycles. The van der Waals surface area contributed by atoms with Gasteiger partial charge in [0.25, 0.3) is 0 Å². The summed E-state index contributed by atoms with van der Waals surface area (Å²) >= 11 is 0. The van der Waals surface area contributed by atoms with E-state index in [9.17, 15) is 14.4 Å². The number of likely N-dealkylation sites (tertiary alicyclic amines) is 2. The van der Waals surface area contributed by atoms with Gasteiger partial charge in [-0.2, -0.15) is 0 Å². The van der Waals surface area contributed by atoms with Crippen molar-refractivity contribution in [3.63, 3.8) is 0 Å². The number of methoxy groups -OCH3 is 2. The van der Waals surface area contributed by atoms with Crippen molar-refractivity contribution in [3.05, 3.63) is 72.6 Å². The van der Waals surface area contributed by atoms with E-state index < -0.39 is 6.09 Å². The molecule has 2 saturated heterocycles. The van der Waals surface area contributed by atoms with Crippen LogP contribution in [0.15, 0.2) is 60.9 Å². The van der Waals surface area contributed by atoms with Gasteiger partial charge in [-0.1, -0.05) is 76.2 Å². The number of hydrogen-bond donors (Lipinski definition) is 4. The van der Waals surface area contributed by atoms with E-state index in [-0.39, 0.29) is 42.4 Å². The minimum absolute atomic E-state index is 0.00627. The van der Waals surface area contributed by atoms with Crippen LogP contribution in [-0.4, -0.2) is 87.5 Å². The van der Waals surface area contributed by atoms with Crippen LogP contribution in [0.3, 0.4) is 0 Å². The molecule has 2 aromatic heterocycles. The fourth-order valence-electron chi connectivity index (χ4n) is 7.24. The van der Waals surface area contributed by atoms with Crippen LogP contribution in [-0.2, 0) is 23.9 Å². The summed E-state index contributed by atoms with van der Waals surface area (Å²) in [6.45, 7) is 12.7. The highest BCUT2D eigenvalue weighted by atomic mass is 16.5. The van der Waals surface area contributed by atoms with Gasteiger partial charge in [0.15, 0.2) is 0 Å². The summed E-state index contributed by atoms with van der Waals surface area (Å²) in [6, 6.07) is 17.5. The van der Waals surface area contributed by atoms with E-state index in [1.807, 2.05) is 22.2 Å². The molecular formula is C47H66N8O6. The Morgan fingerprint density at radius 2 is 0.967 bits per heavy atom. The lowest BCUT2D eigenvalue weighted by molar-refractivity contribution is -0.135. The van der Waals surface area contributed by atoms with Crippen molar-refractivity contribution in [3.8, 4) is 59.3 Å². The van der Waals surface area contributed by atoms with Gasteiger partial charge in [0.05, 0.1) is 43.0 Å². The zero-order valence-electron chi connectivity index (χ0n) is 37.3. The van der Waals surface area contributed by atoms with Gasteiger partial charge in [-0.15, -0.1) is 25.7 Å². The number of carbonyl (C=O) groups excluding carboxylic acids is 4. The van der Waals surface area contributed by atoms with Gasteiger partial charge in [0.2, 0.25) is 18.2 Å². The number of carbonyl (C=O) groups is 4. The zero-order chi connectivity index (χ0) is 46.2. The highest BCUT2D eigenvalue weighted by Crippen LogP contribution is 2.38. The fraction of sp³-hybridized carbons (Fsp3) is 0.447. The van der Waals surface area contributed by atoms with Gasteiger partial charge >= 0.3 is 6.09 Å². The van der Waals surface area contributed by atoms with E-state index in [0.29, 0.717) is 24.7 Å². The maximum Gasteiger partial charge on any atom is 0.404 e. The van der Waals surface area contributed by atoms with Crippen molar-refractivity contribution >= 4 is 24.3 Å². The van der Waals surface area contributed by atoms with Crippen LogP contribution >= 0.6 is 0 Å². The summed E-state index contributed by atoms with van der Waals surface area (Å²) in [5, 5.41) is 0. The molecule has 0 saturated carbocycles. The lowest BCUT2D eigenvalue weighted by atomic mass is 10.0. The van der Waals surface area contributed by atoms with Crippen molar-refractivity contribution in [2.24, 2.45) is 23.3 Å². The van der Waals surface area contributed by atoms with Gasteiger partial charge in [-0.05, 0) is 73.6 Å². The molecule has 0 radical (unpaired) electrons. The molecule has 14 heteroatoms. The molecule has 4 amide bonds. The molecule has 0 spiro atoms. The molecule has 6 N–H and O–H groups in total. The average molecular weight is 839 g/mol. The second-order valence-corrected chi connectivity index (χ2v) is 15.3. The molecule has 0 bridgehead atoms. The van der Waals surface area contributed by atoms with Crippen molar-refractivity contribution in [1.82, 2.24) is 29.7 Å². The third kappa shape index (κ3) is 15.6. The maximum atomic E-state index is 13.0. The number of ether oxygens (including phenoxy) is 2. The Morgan fingerprint density at radius 1 is 0.689 bits per heavy atom. The lowest BCUT2D eigenvalue weighted by Crippen LogP contribution is -2.36. The Bertz CT molecular complexity index is 1820. The Hall–Kier alpha value is -6.38. The first-order chi connectivity index (χ1) is 29.2. The number of aromatic amines is 2. The quantitative estimate of drug-likeness (QED) is 0.0962. The molecule has 2 aromatic carbocycles. The molecule has 330 valence electrons. The first kappa shape index (κ1) is 52.6. The van der Waals surface area contributed by atoms with Crippen molar-refractivity contribution in [2.75, 3.05) is 21.3 Å². The third-order valence-electron chi connectivity index (χ3n) is 9.83. The SMILES string of the molecule is C#C.C#C.CC(C)CC(=O)N1[C@H](C)CC[C@H]1c1ncc(-c2ccc(-c3ccc(-c4cnc([C@@H]5CC[C@@H](C)N5C(=O)CC(C)C)[nH]4)cc3)cc2)[nH]1.COC.COC(N)=O.NC=O. The van der Waals surface area contributed by atoms with Crippen LogP contribution < -0.4 is 11.5 Å². The molecule has 4 aromatic rings. The number of nitrogens with one attached hydrogen (secondary N) is 2. The van der Waals surface area contributed by atoms with Crippen LogP contribution in [0, 0.1) is 37.5 Å². The Labute approximate surface area is 362 Å². The molecule has 0 unspecified atom stereocenters. The van der Waals surface area contributed by atoms with Crippen LogP contribution in [0.2, 0.25) is 0 Å². The van der Waals surface area contributed by atoms with Crippen molar-refractivity contribution < 1.29 is 28.7 Å². The number of aromatic nitrogens is 4. The summed E-state index contributed by atoms with van der Waals surface area (Å²) < 4.78 is 8.14. The largest absolute Gasteiger partial charge is 0.453 e. The predicted octanol–water partition coefficient (Wildman–Crippen LogP) is 7.90. The molecule has 0 aliphatic carbocycles. The summed E-state index contributed by atoms with van der Waals surface area (Å²) in [7, 11) is 4.47. The number of terminal acetylenes is 2. The fourth-order valence-corrected chi connectivity index (χ4v) is 7.24. The van der Waals surface area contributed by atoms with Crippen molar-refractivity contribution in [1.29, 1.82) is 0 Å². The third-order valence-corrected chi connectivity index (χ3v) is 9.83. The van der Waals surface area contributed by atoms with Gasteiger partial charge in [-0.25, -0.2) is 14.8 Å². The summed E-state index contributed by atoms with van der Waals surface area (Å²) in [5.74, 6) is 2.85. The van der Waals surface area contributed by atoms with E-state index in [1.54, 1.807) is 14.2 Å². The van der Waals surface area contributed by atoms with Crippen molar-refractivity contribution in [2.45, 2.75) is 104 Å². The van der Waals surface area contributed by atoms with Gasteiger partial charge < -0.3 is 40.7 Å². The predicted molar refractivity (Wildman–Crippen MR) is 242 cm³/mol. The summed E-state index contributed by atoms with van der Waals surface area (Å²) in [4.78, 5) is 64.5. The van der Waals surface area contributed by atoms with Crippen LogP contribution in [0.4, 0.5) is 4.79 Å². The molecule has 2 aliphatic heterocycles. The minimum atomic E-state index is -0.745. The standard InChI is InChI=1S/C38H48N6O2.C2H5NO2.C2H6O.2C2H2.CH3NO/c1-23(2)19-35(45)43-25(5)7-17-33(43)37-39-21-31(41-37)29-13-9-27(10-14-29)28-11-15-30(16-12-28)32-22-40-38(42-32)34-18-8-26(6)44(34)36(46)20-24(3)4;1-5-2(3)4;1-3-2;2*1-2;2-1-3/h9-16,21-26,33-34H,7-8,17-20H2,1-6H3,(H,39,41)(H,40,42);1H3,(H2,3,4);1-2H3;2*1-2H;1H,(H2,2,3)/t25-,26-,33+,34+;;;;;/m1...../s1. The number of primary amides is 2. The zero-order valence-corrected chi connectivity index (χ0v) is 37.3. The Balaban J connectivity index is 0.00000109. The first-order valence-corrected chi connectivity index (χ1v) is 20.2. The molecule has 6 rings (SSSR count). The minimum Gasteiger partial charge on any atom is -0.453 e. The first-order valence-electron chi connectivity index (χ1n) is 20.2. The van der Waals surface area contributed by atoms with Crippen LogP contribution in [0.25, 0.3) is 33.6 Å². The monoisotopic (exact) mass is 839 g/mol. The molecular weight excluding hydrogens is 773 g/mol. The molecule has 61 heavy (non-hydrogen) atoms. The summed E-state index contributed by atoms with van der Waals surface area (Å²) in [6.07, 6.45) is 24.3. The Kier molecular flexibility index (Phi) is 23.6. The average Bonchev–Trinajstić information content (AvgIpc) is 4.07. The Morgan fingerprint density at radius 3 is 1.23 bits per heavy atom. The van der Waals surface area contributed by atoms with Gasteiger partial charge in [-0.3, -0.25) is 14.4 Å². The molecule has 14 nitrogen and oxygen atoms in total. The topological polar surface area (TPSA) is 203 Å². The van der Waals surface area contributed by atoms with E-state index in [0.717, 1.165) is 71.0 Å². The second kappa shape index (κ2) is 27.4. The number of rotatable bonds is 9. The van der Waals surface area contributed by atoms with Gasteiger partial charge in [0.1, 0.15) is 11.6 Å². The van der Waals surface area contributed by atoms with E-state index in [2.05, 4.69) is 147 Å². The molecule has 2 fully saturated rings. The van der Waals surface area contributed by atoms with E-state index >= 15 is 0 Å². The number of hydrogen-bond acceptors (Lipinski definition) is 8. The molecule has 2 aliphatic rings. The number of nitrogens with zero attached hydrogens (tertiary/aromatic N) is 4. The number of amides is 4. The van der Waals surface area contributed by atoms with E-state index in [1.165, 1.54) is 7.11 Å². The molecule has 4 atom stereocenters. The number of imidazole rings is 2. The van der Waals surface area contributed by atoms with Crippen LogP contribution in [0.5, 0.6) is 0 Å². The normalized spacial score (nSPS) is 17.4. The smallest absolute Gasteiger partial charge is 0.404 e. The van der Waals surface area contributed by atoms with E-state index in [4.69, 9.17) is 14.8 Å². The highest BCUT2D eigenvalue weighted by molar-refractivity contribution is 5.78. The van der Waals surface area contributed by atoms with Gasteiger partial charge in [0, 0.05) is 39.1 Å². The number of H-pyrrole nitrogens is 2. The second-order valence-electron chi connectivity index (χ2n) is 15.3.